The first-order valence-electron chi connectivity index (χ1n) is 6.56. The Balaban J connectivity index is 1.40. The second-order valence-corrected chi connectivity index (χ2v) is 4.74. The highest BCUT2D eigenvalue weighted by Crippen LogP contribution is 2.27. The van der Waals surface area contributed by atoms with E-state index < -0.39 is 0 Å². The maximum Gasteiger partial charge on any atom is 0.227 e. The van der Waals surface area contributed by atoms with Gasteiger partial charge in [-0.1, -0.05) is 23.4 Å². The van der Waals surface area contributed by atoms with E-state index in [0.29, 0.717) is 11.7 Å². The van der Waals surface area contributed by atoms with Crippen LogP contribution in [0.2, 0.25) is 0 Å². The van der Waals surface area contributed by atoms with Crippen LogP contribution in [0.25, 0.3) is 0 Å². The number of nitrogens with one attached hydrogen (secondary N) is 1. The Kier molecular flexibility index (Phi) is 3.46. The first-order chi connectivity index (χ1) is 9.31. The van der Waals surface area contributed by atoms with Crippen LogP contribution in [-0.2, 0) is 12.8 Å². The summed E-state index contributed by atoms with van der Waals surface area (Å²) in [5.74, 6) is 2.38. The van der Waals surface area contributed by atoms with E-state index in [9.17, 15) is 0 Å². The lowest BCUT2D eigenvalue weighted by molar-refractivity contribution is 0.227. The van der Waals surface area contributed by atoms with Crippen LogP contribution in [0.1, 0.15) is 17.3 Å². The lowest BCUT2D eigenvalue weighted by Gasteiger charge is -2.11. The van der Waals surface area contributed by atoms with Gasteiger partial charge in [-0.2, -0.15) is 4.98 Å². The van der Waals surface area contributed by atoms with Crippen molar-refractivity contribution in [2.75, 3.05) is 13.1 Å². The summed E-state index contributed by atoms with van der Waals surface area (Å²) in [6.45, 7) is 3.48. The van der Waals surface area contributed by atoms with E-state index in [-0.39, 0.29) is 6.10 Å². The number of aryl methyl sites for hydroxylation is 1. The fourth-order valence-corrected chi connectivity index (χ4v) is 2.27. The lowest BCUT2D eigenvalue weighted by Crippen LogP contribution is -2.31. The number of aromatic nitrogens is 2. The quantitative estimate of drug-likeness (QED) is 0.825. The van der Waals surface area contributed by atoms with Gasteiger partial charge in [0.25, 0.3) is 0 Å². The Morgan fingerprint density at radius 2 is 2.26 bits per heavy atom. The van der Waals surface area contributed by atoms with Gasteiger partial charge in [0.15, 0.2) is 5.82 Å². The molecule has 3 rings (SSSR count). The molecule has 0 radical (unpaired) electrons. The summed E-state index contributed by atoms with van der Waals surface area (Å²) in [4.78, 5) is 4.16. The first-order valence-corrected chi connectivity index (χ1v) is 6.56. The second-order valence-electron chi connectivity index (χ2n) is 4.74. The van der Waals surface area contributed by atoms with Crippen molar-refractivity contribution in [3.05, 3.63) is 41.5 Å². The van der Waals surface area contributed by atoms with Crippen LogP contribution in [0.15, 0.2) is 28.8 Å². The summed E-state index contributed by atoms with van der Waals surface area (Å²) in [7, 11) is 0. The summed E-state index contributed by atoms with van der Waals surface area (Å²) in [5.41, 5.74) is 1.29. The smallest absolute Gasteiger partial charge is 0.227 e. The Hall–Kier alpha value is -1.88. The Labute approximate surface area is 112 Å². The lowest BCUT2D eigenvalue weighted by atomic mass is 10.1. The molecule has 2 heterocycles. The Morgan fingerprint density at radius 1 is 1.37 bits per heavy atom. The molecule has 5 nitrogen and oxygen atoms in total. The van der Waals surface area contributed by atoms with E-state index in [0.717, 1.165) is 31.7 Å². The highest BCUT2D eigenvalue weighted by Gasteiger charge is 2.21. The summed E-state index contributed by atoms with van der Waals surface area (Å²) >= 11 is 0. The van der Waals surface area contributed by atoms with Crippen LogP contribution < -0.4 is 10.1 Å². The van der Waals surface area contributed by atoms with Crippen molar-refractivity contribution in [2.45, 2.75) is 25.9 Å². The van der Waals surface area contributed by atoms with Gasteiger partial charge in [0.2, 0.25) is 5.89 Å². The fraction of sp³-hybridized carbons (Fsp3) is 0.429. The van der Waals surface area contributed by atoms with Crippen molar-refractivity contribution in [3.8, 4) is 5.75 Å². The summed E-state index contributed by atoms with van der Waals surface area (Å²) in [5, 5.41) is 7.13. The number of fused-ring (bicyclic) bond motifs is 1. The van der Waals surface area contributed by atoms with Crippen molar-refractivity contribution in [2.24, 2.45) is 0 Å². The average Bonchev–Trinajstić information content (AvgIpc) is 3.00. The van der Waals surface area contributed by atoms with Gasteiger partial charge in [0.05, 0.1) is 0 Å². The van der Waals surface area contributed by atoms with Gasteiger partial charge in [-0.05, 0) is 18.6 Å². The van der Waals surface area contributed by atoms with Crippen LogP contribution in [0.3, 0.4) is 0 Å². The van der Waals surface area contributed by atoms with E-state index in [1.165, 1.54) is 5.56 Å². The minimum absolute atomic E-state index is 0.224. The number of rotatable bonds is 5. The zero-order valence-corrected chi connectivity index (χ0v) is 10.9. The van der Waals surface area contributed by atoms with E-state index in [1.807, 2.05) is 19.1 Å². The summed E-state index contributed by atoms with van der Waals surface area (Å²) < 4.78 is 10.9. The topological polar surface area (TPSA) is 60.2 Å². The normalized spacial score (nSPS) is 17.2. The van der Waals surface area contributed by atoms with Crippen LogP contribution in [0.4, 0.5) is 0 Å². The van der Waals surface area contributed by atoms with Crippen LogP contribution >= 0.6 is 0 Å². The van der Waals surface area contributed by atoms with Crippen molar-refractivity contribution >= 4 is 0 Å². The zero-order valence-electron chi connectivity index (χ0n) is 10.9. The zero-order chi connectivity index (χ0) is 13.1. The SMILES string of the molecule is Cc1noc(CCNCC2Cc3ccccc3O2)n1. The van der Waals surface area contributed by atoms with Crippen molar-refractivity contribution < 1.29 is 9.26 Å². The molecule has 0 spiro atoms. The molecule has 1 aromatic carbocycles. The molecule has 1 atom stereocenters. The standard InChI is InChI=1S/C14H17N3O2/c1-10-16-14(19-17-10)6-7-15-9-12-8-11-4-2-3-5-13(11)18-12/h2-5,12,15H,6-9H2,1H3. The van der Waals surface area contributed by atoms with Gasteiger partial charge >= 0.3 is 0 Å². The van der Waals surface area contributed by atoms with Crippen LogP contribution in [0.5, 0.6) is 5.75 Å². The minimum atomic E-state index is 0.224. The monoisotopic (exact) mass is 259 g/mol. The molecule has 1 unspecified atom stereocenters. The van der Waals surface area contributed by atoms with Gasteiger partial charge in [0.1, 0.15) is 11.9 Å². The molecule has 0 saturated carbocycles. The third-order valence-electron chi connectivity index (χ3n) is 3.17. The molecular weight excluding hydrogens is 242 g/mol. The number of hydrogen-bond donors (Lipinski definition) is 1. The summed E-state index contributed by atoms with van der Waals surface area (Å²) in [6.07, 6.45) is 1.95. The molecule has 2 aromatic rings. The van der Waals surface area contributed by atoms with E-state index in [1.54, 1.807) is 0 Å². The average molecular weight is 259 g/mol. The third kappa shape index (κ3) is 2.93. The largest absolute Gasteiger partial charge is 0.488 e. The van der Waals surface area contributed by atoms with Crippen molar-refractivity contribution in [3.63, 3.8) is 0 Å². The van der Waals surface area contributed by atoms with Crippen LogP contribution in [-0.4, -0.2) is 29.3 Å². The number of nitrogens with zero attached hydrogens (tertiary/aromatic N) is 2. The number of para-hydroxylation sites is 1. The number of hydrogen-bond acceptors (Lipinski definition) is 5. The summed E-state index contributed by atoms with van der Waals surface area (Å²) in [6, 6.07) is 8.20. The maximum atomic E-state index is 5.85. The third-order valence-corrected chi connectivity index (χ3v) is 3.17. The predicted molar refractivity (Wildman–Crippen MR) is 70.2 cm³/mol. The molecule has 100 valence electrons. The Morgan fingerprint density at radius 3 is 3.05 bits per heavy atom. The number of ether oxygens (including phenoxy) is 1. The molecule has 1 aliphatic heterocycles. The van der Waals surface area contributed by atoms with Gasteiger partial charge < -0.3 is 14.6 Å². The molecule has 1 aliphatic rings. The number of benzene rings is 1. The van der Waals surface area contributed by atoms with E-state index >= 15 is 0 Å². The van der Waals surface area contributed by atoms with E-state index in [4.69, 9.17) is 9.26 Å². The maximum absolute atomic E-state index is 5.85. The molecule has 1 aromatic heterocycles. The molecule has 0 aliphatic carbocycles. The Bertz CT molecular complexity index is 528. The molecule has 5 heteroatoms. The highest BCUT2D eigenvalue weighted by atomic mass is 16.5. The van der Waals surface area contributed by atoms with Crippen LogP contribution in [0, 0.1) is 6.92 Å². The molecule has 0 amide bonds. The fourth-order valence-electron chi connectivity index (χ4n) is 2.27. The van der Waals surface area contributed by atoms with Gasteiger partial charge in [-0.25, -0.2) is 0 Å². The van der Waals surface area contributed by atoms with E-state index in [2.05, 4.69) is 27.6 Å². The molecule has 0 fully saturated rings. The second kappa shape index (κ2) is 5.40. The molecule has 0 bridgehead atoms. The van der Waals surface area contributed by atoms with Crippen molar-refractivity contribution in [1.29, 1.82) is 0 Å². The molecule has 1 N–H and O–H groups in total. The first kappa shape index (κ1) is 12.2. The molecule has 0 saturated heterocycles. The molecule has 19 heavy (non-hydrogen) atoms. The highest BCUT2D eigenvalue weighted by molar-refractivity contribution is 5.37. The molecular formula is C14H17N3O2. The van der Waals surface area contributed by atoms with Gasteiger partial charge in [-0.15, -0.1) is 0 Å². The predicted octanol–water partition coefficient (Wildman–Crippen LogP) is 1.51. The minimum Gasteiger partial charge on any atom is -0.488 e. The van der Waals surface area contributed by atoms with Gasteiger partial charge in [0, 0.05) is 25.9 Å². The van der Waals surface area contributed by atoms with Crippen molar-refractivity contribution in [1.82, 2.24) is 15.5 Å². The van der Waals surface area contributed by atoms with Gasteiger partial charge in [-0.3, -0.25) is 0 Å².